The van der Waals surface area contributed by atoms with Crippen molar-refractivity contribution in [2.45, 2.75) is 200 Å². The lowest BCUT2D eigenvalue weighted by Gasteiger charge is -2.52. The molecule has 0 aromatic heterocycles. The van der Waals surface area contributed by atoms with Gasteiger partial charge in [0, 0.05) is 148 Å². The van der Waals surface area contributed by atoms with Crippen LogP contribution >= 0.6 is 12.4 Å². The number of alkyl carbamates (subject to hydrolysis) is 2. The van der Waals surface area contributed by atoms with Crippen LogP contribution in [0.1, 0.15) is 159 Å². The van der Waals surface area contributed by atoms with Crippen LogP contribution in [0, 0.1) is 16.2 Å². The maximum atomic E-state index is 12.0. The fourth-order valence-corrected chi connectivity index (χ4v) is 14.8. The summed E-state index contributed by atoms with van der Waals surface area (Å²) in [5.41, 5.74) is 5.28. The van der Waals surface area contributed by atoms with E-state index in [0.29, 0.717) is 91.7 Å². The maximum absolute atomic E-state index is 12.0. The van der Waals surface area contributed by atoms with E-state index in [0.717, 1.165) is 156 Å². The number of nitrogens with zero attached hydrogens (tertiary/aromatic N) is 7. The van der Waals surface area contributed by atoms with Crippen LogP contribution in [0.15, 0.2) is 0 Å². The van der Waals surface area contributed by atoms with Gasteiger partial charge in [0.05, 0.1) is 19.8 Å². The van der Waals surface area contributed by atoms with Gasteiger partial charge in [-0.05, 0) is 175 Å². The molecule has 0 radical (unpaired) electrons. The Morgan fingerprint density at radius 2 is 0.908 bits per heavy atom. The van der Waals surface area contributed by atoms with E-state index in [-0.39, 0.29) is 42.8 Å². The largest absolute Gasteiger partial charge is 0.450 e. The predicted octanol–water partition coefficient (Wildman–Crippen LogP) is 6.62. The predicted molar refractivity (Wildman–Crippen MR) is 334 cm³/mol. The number of likely N-dealkylation sites (tertiary alicyclic amines) is 6. The summed E-state index contributed by atoms with van der Waals surface area (Å²) < 4.78 is 25.6. The number of piperidine rings is 3. The first-order valence-corrected chi connectivity index (χ1v) is 32.8. The minimum Gasteiger partial charge on any atom is -0.450 e. The first-order valence-electron chi connectivity index (χ1n) is 32.8. The molecular weight excluding hydrogens is 1140 g/mol. The number of carbonyl (C=O) groups is 7. The quantitative estimate of drug-likeness (QED) is 0.0959. The molecule has 7 heterocycles. The Balaban J connectivity index is 0.000000194. The van der Waals surface area contributed by atoms with Gasteiger partial charge in [-0.3, -0.25) is 9.69 Å². The third kappa shape index (κ3) is 21.0. The zero-order chi connectivity index (χ0) is 62.3. The van der Waals surface area contributed by atoms with Gasteiger partial charge in [0.15, 0.2) is 0 Å². The Bertz CT molecular complexity index is 2230. The Morgan fingerprint density at radius 3 is 1.26 bits per heavy atom. The average molecular weight is 1250 g/mol. The molecular formula is C62H111ClN12O12. The highest BCUT2D eigenvalue weighted by atomic mass is 35.5. The normalized spacial score (nSPS) is 28.5. The van der Waals surface area contributed by atoms with Crippen molar-refractivity contribution in [3.05, 3.63) is 0 Å². The van der Waals surface area contributed by atoms with Crippen molar-refractivity contribution in [2.24, 2.45) is 22.0 Å². The van der Waals surface area contributed by atoms with E-state index in [1.54, 1.807) is 0 Å². The maximum Gasteiger partial charge on any atom is 0.409 e. The second-order valence-corrected chi connectivity index (χ2v) is 28.0. The summed E-state index contributed by atoms with van der Waals surface area (Å²) in [7, 11) is 0. The van der Waals surface area contributed by atoms with Gasteiger partial charge < -0.3 is 80.1 Å². The molecule has 10 rings (SSSR count). The third-order valence-electron chi connectivity index (χ3n) is 19.2. The Morgan fingerprint density at radius 1 is 0.529 bits per heavy atom. The number of hydrogen-bond acceptors (Lipinski definition) is 17. The number of ether oxygens (including phenoxy) is 5. The third-order valence-corrected chi connectivity index (χ3v) is 19.2. The smallest absolute Gasteiger partial charge is 0.409 e. The number of nitrogens with one attached hydrogen (secondary N) is 4. The number of hydrogen-bond donors (Lipinski definition) is 5. The molecule has 0 atom stereocenters. The first-order chi connectivity index (χ1) is 40.9. The molecule has 498 valence electrons. The number of halogens is 1. The van der Waals surface area contributed by atoms with Crippen LogP contribution in [-0.4, -0.2) is 256 Å². The Kier molecular flexibility index (Phi) is 26.6. The summed E-state index contributed by atoms with van der Waals surface area (Å²) in [5, 5.41) is 11.8. The van der Waals surface area contributed by atoms with Crippen molar-refractivity contribution < 1.29 is 57.2 Å². The number of urea groups is 1. The van der Waals surface area contributed by atoms with E-state index in [2.05, 4.69) is 36.0 Å². The van der Waals surface area contributed by atoms with Gasteiger partial charge in [-0.1, -0.05) is 0 Å². The molecule has 7 saturated heterocycles. The summed E-state index contributed by atoms with van der Waals surface area (Å²) in [6.07, 6.45) is 15.2. The SMILES string of the molecule is CC(C)(C)OC(=O)NCCN.CCOC(=O)N1CCC2(CC(N3CCC(=O)CC3)C2)C1.CCOC(=O)N1CCC2(CC(N3CCC(N4CCNC4=O)CC3)C2)C1.CCOC(=O)N1CCC2(CC(N3CCC(NCCNC(=O)OC(C)(C)C)CC3)C2)C1.Cl. The van der Waals surface area contributed by atoms with Gasteiger partial charge in [0.25, 0.3) is 0 Å². The fourth-order valence-electron chi connectivity index (χ4n) is 14.8. The Labute approximate surface area is 525 Å². The molecule has 87 heavy (non-hydrogen) atoms. The molecule has 24 nitrogen and oxygen atoms in total. The lowest BCUT2D eigenvalue weighted by Crippen LogP contribution is -2.56. The molecule has 7 aliphatic heterocycles. The summed E-state index contributed by atoms with van der Waals surface area (Å²) in [5.74, 6) is 0.407. The molecule has 0 bridgehead atoms. The number of Topliss-reactive ketones (excluding diaryl/α,β-unsaturated/α-hetero) is 1. The minimum atomic E-state index is -0.458. The standard InChI is InChI=1S/C22H40N4O4.C18H30N4O3.C15H24N2O3.C7H16N2O2.ClH/c1-5-29-20(28)26-13-8-22(16-26)14-18(15-22)25-11-6-17(7-12-25)23-9-10-24-19(27)30-21(2,3)4;1-2-25-17(24)21-9-5-18(13-21)11-15(12-18)20-7-3-14(4-8-20)22-10-6-19-16(22)23;1-2-20-14(19)17-8-5-15(11-17)9-12(10-15)16-6-3-13(18)4-7-16;1-7(2,3)11-6(10)9-5-4-8;/h17-18,23H,5-16H2,1-4H3,(H,24,27);14-15H,2-13H2,1H3,(H,19,23);12H,2-11H2,1H3;4-5,8H2,1-3H3,(H,9,10);1H. The van der Waals surface area contributed by atoms with Gasteiger partial charge in [-0.25, -0.2) is 28.8 Å². The monoisotopic (exact) mass is 1250 g/mol. The molecule has 6 N–H and O–H groups in total. The molecule has 3 saturated carbocycles. The molecule has 3 aliphatic carbocycles. The highest BCUT2D eigenvalue weighted by molar-refractivity contribution is 5.85. The van der Waals surface area contributed by atoms with Crippen LogP contribution in [0.5, 0.6) is 0 Å². The van der Waals surface area contributed by atoms with E-state index >= 15 is 0 Å². The highest BCUT2D eigenvalue weighted by Gasteiger charge is 2.54. The molecule has 0 aromatic rings. The average Bonchev–Trinajstić information content (AvgIpc) is 1.84. The van der Waals surface area contributed by atoms with Crippen LogP contribution in [0.4, 0.5) is 28.8 Å². The van der Waals surface area contributed by atoms with E-state index in [9.17, 15) is 33.6 Å². The second kappa shape index (κ2) is 32.4. The van der Waals surface area contributed by atoms with Crippen LogP contribution < -0.4 is 27.0 Å². The number of amides is 7. The van der Waals surface area contributed by atoms with Crippen molar-refractivity contribution in [1.29, 1.82) is 0 Å². The molecule has 25 heteroatoms. The van der Waals surface area contributed by atoms with Crippen molar-refractivity contribution in [2.75, 3.05) is 138 Å². The van der Waals surface area contributed by atoms with Crippen molar-refractivity contribution in [3.63, 3.8) is 0 Å². The molecule has 3 spiro atoms. The van der Waals surface area contributed by atoms with Gasteiger partial charge in [0.1, 0.15) is 17.0 Å². The van der Waals surface area contributed by atoms with Crippen molar-refractivity contribution in [1.82, 2.24) is 55.6 Å². The first kappa shape index (κ1) is 71.5. The summed E-state index contributed by atoms with van der Waals surface area (Å²) in [4.78, 5) is 96.6. The molecule has 10 aliphatic rings. The topological polar surface area (TPSA) is 262 Å². The van der Waals surface area contributed by atoms with Crippen LogP contribution in [0.3, 0.4) is 0 Å². The van der Waals surface area contributed by atoms with E-state index in [4.69, 9.17) is 29.4 Å². The summed E-state index contributed by atoms with van der Waals surface area (Å²) in [6, 6.07) is 3.01. The zero-order valence-corrected chi connectivity index (χ0v) is 55.2. The van der Waals surface area contributed by atoms with Gasteiger partial charge in [0.2, 0.25) is 0 Å². The van der Waals surface area contributed by atoms with E-state index in [1.807, 2.05) is 81.9 Å². The zero-order valence-electron chi connectivity index (χ0n) is 54.4. The molecule has 10 fully saturated rings. The van der Waals surface area contributed by atoms with Crippen molar-refractivity contribution >= 4 is 54.7 Å². The van der Waals surface area contributed by atoms with Crippen LogP contribution in [0.25, 0.3) is 0 Å². The minimum absolute atomic E-state index is 0. The lowest BCUT2D eigenvalue weighted by molar-refractivity contribution is -0.123. The Hall–Kier alpha value is -4.62. The van der Waals surface area contributed by atoms with Gasteiger partial charge in [-0.2, -0.15) is 0 Å². The highest BCUT2D eigenvalue weighted by Crippen LogP contribution is 2.53. The molecule has 0 unspecified atom stereocenters. The van der Waals surface area contributed by atoms with Gasteiger partial charge in [-0.15, -0.1) is 12.4 Å². The van der Waals surface area contributed by atoms with Crippen molar-refractivity contribution in [3.8, 4) is 0 Å². The van der Waals surface area contributed by atoms with Crippen LogP contribution in [-0.2, 0) is 28.5 Å². The lowest BCUT2D eigenvalue weighted by atomic mass is 9.64. The fraction of sp³-hybridized carbons (Fsp3) is 0.887. The van der Waals surface area contributed by atoms with E-state index < -0.39 is 17.3 Å². The molecule has 0 aromatic carbocycles. The number of ketones is 1. The number of nitrogens with two attached hydrogens (primary N) is 1. The second-order valence-electron chi connectivity index (χ2n) is 28.0. The number of carbonyl (C=O) groups excluding carboxylic acids is 7. The summed E-state index contributed by atoms with van der Waals surface area (Å²) >= 11 is 0. The van der Waals surface area contributed by atoms with Crippen LogP contribution in [0.2, 0.25) is 0 Å². The molecule has 7 amide bonds. The number of rotatable bonds is 13. The van der Waals surface area contributed by atoms with Gasteiger partial charge >= 0.3 is 36.5 Å². The van der Waals surface area contributed by atoms with E-state index in [1.165, 1.54) is 38.5 Å². The summed E-state index contributed by atoms with van der Waals surface area (Å²) in [6.45, 7) is 33.3.